The van der Waals surface area contributed by atoms with E-state index in [4.69, 9.17) is 5.11 Å². The number of carbonyl (C=O) groups excluding carboxylic acids is 3. The summed E-state index contributed by atoms with van der Waals surface area (Å²) in [4.78, 5) is 46.9. The molecule has 0 aliphatic carbocycles. The Morgan fingerprint density at radius 1 is 1.50 bits per heavy atom. The van der Waals surface area contributed by atoms with Crippen molar-refractivity contribution >= 4 is 35.3 Å². The van der Waals surface area contributed by atoms with E-state index in [1.807, 2.05) is 0 Å². The molecule has 2 heterocycles. The fraction of sp³-hybridized carbons (Fsp3) is 0.667. The molecule has 2 unspecified atom stereocenters. The van der Waals surface area contributed by atoms with Gasteiger partial charge in [0.2, 0.25) is 11.8 Å². The van der Waals surface area contributed by atoms with E-state index < -0.39 is 23.3 Å². The van der Waals surface area contributed by atoms with Crippen LogP contribution in [0.4, 0.5) is 0 Å². The minimum atomic E-state index is -0.953. The number of nitrogens with one attached hydrogen (secondary N) is 1. The first-order chi connectivity index (χ1) is 9.24. The lowest BCUT2D eigenvalue weighted by molar-refractivity contribution is -0.158. The molecule has 2 saturated heterocycles. The van der Waals surface area contributed by atoms with Gasteiger partial charge in [0.15, 0.2) is 0 Å². The standard InChI is InChI=1S/C12H16N2O5S/c1-6(15)3-7(16)13-8-9(17)14-4-12(2,11(18)19)5-20-10(8)14/h8,10H,3-5H2,1-2H3,(H,13,16)(H,18,19)/t8?,10-,12?/m1/s1. The maximum atomic E-state index is 11.9. The predicted octanol–water partition coefficient (Wildman–Crippen LogP) is -0.544. The molecule has 3 atom stereocenters. The van der Waals surface area contributed by atoms with Crippen molar-refractivity contribution in [1.29, 1.82) is 0 Å². The molecular weight excluding hydrogens is 284 g/mol. The van der Waals surface area contributed by atoms with Gasteiger partial charge >= 0.3 is 5.97 Å². The van der Waals surface area contributed by atoms with Crippen LogP contribution in [0, 0.1) is 5.41 Å². The van der Waals surface area contributed by atoms with Crippen LogP contribution in [0.3, 0.4) is 0 Å². The van der Waals surface area contributed by atoms with Crippen LogP contribution in [0.1, 0.15) is 20.3 Å². The van der Waals surface area contributed by atoms with E-state index >= 15 is 0 Å². The summed E-state index contributed by atoms with van der Waals surface area (Å²) >= 11 is 1.35. The van der Waals surface area contributed by atoms with Crippen LogP contribution in [0.15, 0.2) is 0 Å². The van der Waals surface area contributed by atoms with E-state index in [0.29, 0.717) is 5.75 Å². The monoisotopic (exact) mass is 300 g/mol. The van der Waals surface area contributed by atoms with E-state index in [9.17, 15) is 19.2 Å². The molecular formula is C12H16N2O5S. The second-order valence-electron chi connectivity index (χ2n) is 5.46. The van der Waals surface area contributed by atoms with Crippen molar-refractivity contribution in [1.82, 2.24) is 10.2 Å². The van der Waals surface area contributed by atoms with Gasteiger partial charge in [0.05, 0.1) is 11.8 Å². The van der Waals surface area contributed by atoms with E-state index in [-0.39, 0.29) is 30.0 Å². The maximum absolute atomic E-state index is 11.9. The fourth-order valence-electron chi connectivity index (χ4n) is 2.28. The first-order valence-electron chi connectivity index (χ1n) is 6.19. The fourth-order valence-corrected chi connectivity index (χ4v) is 3.77. The zero-order valence-electron chi connectivity index (χ0n) is 11.2. The molecule has 20 heavy (non-hydrogen) atoms. The molecule has 0 spiro atoms. The molecule has 0 aromatic carbocycles. The maximum Gasteiger partial charge on any atom is 0.312 e. The topological polar surface area (TPSA) is 104 Å². The summed E-state index contributed by atoms with van der Waals surface area (Å²) in [5.41, 5.74) is -0.953. The number of β-lactam (4-membered cyclic amide) rings is 1. The van der Waals surface area contributed by atoms with Crippen LogP contribution in [0.5, 0.6) is 0 Å². The second-order valence-corrected chi connectivity index (χ2v) is 6.56. The van der Waals surface area contributed by atoms with E-state index in [2.05, 4.69) is 5.32 Å². The number of carboxylic acid groups (broad SMARTS) is 1. The Bertz CT molecular complexity index is 494. The minimum absolute atomic E-state index is 0.151. The number of ketones is 1. The highest BCUT2D eigenvalue weighted by Gasteiger charge is 2.55. The minimum Gasteiger partial charge on any atom is -0.481 e. The lowest BCUT2D eigenvalue weighted by atomic mass is 9.89. The highest BCUT2D eigenvalue weighted by Crippen LogP contribution is 2.41. The summed E-state index contributed by atoms with van der Waals surface area (Å²) < 4.78 is 0. The van der Waals surface area contributed by atoms with Crippen molar-refractivity contribution in [2.24, 2.45) is 5.41 Å². The molecule has 0 aromatic rings. The average molecular weight is 300 g/mol. The predicted molar refractivity (Wildman–Crippen MR) is 70.9 cm³/mol. The Balaban J connectivity index is 1.97. The molecule has 2 aliphatic rings. The van der Waals surface area contributed by atoms with Crippen molar-refractivity contribution in [3.8, 4) is 0 Å². The van der Waals surface area contributed by atoms with Crippen LogP contribution in [-0.2, 0) is 19.2 Å². The highest BCUT2D eigenvalue weighted by atomic mass is 32.2. The number of amides is 2. The van der Waals surface area contributed by atoms with Crippen molar-refractivity contribution in [3.63, 3.8) is 0 Å². The molecule has 0 radical (unpaired) electrons. The van der Waals surface area contributed by atoms with Gasteiger partial charge < -0.3 is 15.3 Å². The Labute approximate surface area is 120 Å². The Morgan fingerprint density at radius 3 is 2.70 bits per heavy atom. The third-order valence-corrected chi connectivity index (χ3v) is 5.15. The molecule has 2 aliphatic heterocycles. The number of aliphatic carboxylic acids is 1. The molecule has 0 saturated carbocycles. The highest BCUT2D eigenvalue weighted by molar-refractivity contribution is 8.00. The number of hydrogen-bond donors (Lipinski definition) is 2. The summed E-state index contributed by atoms with van der Waals surface area (Å²) in [6.45, 7) is 3.06. The number of carboxylic acids is 1. The summed E-state index contributed by atoms with van der Waals surface area (Å²) in [7, 11) is 0. The quantitative estimate of drug-likeness (QED) is 0.533. The van der Waals surface area contributed by atoms with Crippen LogP contribution in [0.2, 0.25) is 0 Å². The molecule has 7 nitrogen and oxygen atoms in total. The van der Waals surface area contributed by atoms with Gasteiger partial charge in [-0.05, 0) is 13.8 Å². The van der Waals surface area contributed by atoms with Gasteiger partial charge in [-0.2, -0.15) is 0 Å². The van der Waals surface area contributed by atoms with Crippen molar-refractivity contribution < 1.29 is 24.3 Å². The molecule has 110 valence electrons. The number of carbonyl (C=O) groups is 4. The summed E-state index contributed by atoms with van der Waals surface area (Å²) in [6, 6.07) is -0.648. The molecule has 2 fully saturated rings. The Morgan fingerprint density at radius 2 is 2.15 bits per heavy atom. The Hall–Kier alpha value is -1.57. The first-order valence-corrected chi connectivity index (χ1v) is 7.24. The third kappa shape index (κ3) is 2.52. The number of Topliss-reactive ketones (excluding diaryl/α,β-unsaturated/α-hetero) is 1. The van der Waals surface area contributed by atoms with Gasteiger partial charge in [-0.1, -0.05) is 0 Å². The lowest BCUT2D eigenvalue weighted by Crippen LogP contribution is -2.73. The zero-order chi connectivity index (χ0) is 15.1. The van der Waals surface area contributed by atoms with E-state index in [1.54, 1.807) is 6.92 Å². The number of fused-ring (bicyclic) bond motifs is 1. The molecule has 2 N–H and O–H groups in total. The van der Waals surface area contributed by atoms with Gasteiger partial charge in [0, 0.05) is 12.3 Å². The number of thioether (sulfide) groups is 1. The normalized spacial score (nSPS) is 32.1. The van der Waals surface area contributed by atoms with E-state index in [0.717, 1.165) is 0 Å². The zero-order valence-corrected chi connectivity index (χ0v) is 12.0. The van der Waals surface area contributed by atoms with Crippen molar-refractivity contribution in [2.75, 3.05) is 12.3 Å². The van der Waals surface area contributed by atoms with E-state index in [1.165, 1.54) is 23.6 Å². The molecule has 0 aromatic heterocycles. The molecule has 0 bridgehead atoms. The van der Waals surface area contributed by atoms with Crippen LogP contribution in [0.25, 0.3) is 0 Å². The largest absolute Gasteiger partial charge is 0.481 e. The van der Waals surface area contributed by atoms with Crippen LogP contribution >= 0.6 is 11.8 Å². The van der Waals surface area contributed by atoms with Gasteiger partial charge in [-0.3, -0.25) is 19.2 Å². The first kappa shape index (κ1) is 14.8. The van der Waals surface area contributed by atoms with Gasteiger partial charge in [-0.25, -0.2) is 0 Å². The smallest absolute Gasteiger partial charge is 0.312 e. The van der Waals surface area contributed by atoms with Gasteiger partial charge in [0.1, 0.15) is 17.2 Å². The van der Waals surface area contributed by atoms with Crippen LogP contribution < -0.4 is 5.32 Å². The third-order valence-electron chi connectivity index (χ3n) is 3.48. The molecule has 2 amide bonds. The second kappa shape index (κ2) is 5.08. The SMILES string of the molecule is CC(=O)CC(=O)NC1C(=O)N2CC(C)(C(=O)O)CS[C@H]12. The van der Waals surface area contributed by atoms with Crippen molar-refractivity contribution in [3.05, 3.63) is 0 Å². The number of nitrogens with zero attached hydrogens (tertiary/aromatic N) is 1. The number of hydrogen-bond acceptors (Lipinski definition) is 5. The lowest BCUT2D eigenvalue weighted by Gasteiger charge is -2.53. The summed E-state index contributed by atoms with van der Waals surface area (Å²) in [5.74, 6) is -1.56. The average Bonchev–Trinajstić information content (AvgIpc) is 2.35. The summed E-state index contributed by atoms with van der Waals surface area (Å²) in [6.07, 6.45) is -0.242. The Kier molecular flexibility index (Phi) is 3.77. The number of rotatable bonds is 4. The van der Waals surface area contributed by atoms with Crippen molar-refractivity contribution in [2.45, 2.75) is 31.7 Å². The van der Waals surface area contributed by atoms with Crippen LogP contribution in [-0.4, -0.2) is 57.3 Å². The van der Waals surface area contributed by atoms with Gasteiger partial charge in [0.25, 0.3) is 0 Å². The summed E-state index contributed by atoms with van der Waals surface area (Å²) in [5, 5.41) is 11.5. The van der Waals surface area contributed by atoms with Gasteiger partial charge in [-0.15, -0.1) is 11.8 Å². The molecule has 2 rings (SSSR count). The molecule has 8 heteroatoms.